The van der Waals surface area contributed by atoms with Crippen LogP contribution in [0.1, 0.15) is 24.2 Å². The summed E-state index contributed by atoms with van der Waals surface area (Å²) in [5, 5.41) is 6.89. The molecule has 0 bridgehead atoms. The van der Waals surface area contributed by atoms with Gasteiger partial charge in [-0.2, -0.15) is 11.8 Å². The molecule has 2 N–H and O–H groups in total. The number of fused-ring (bicyclic) bond motifs is 1. The van der Waals surface area contributed by atoms with Gasteiger partial charge < -0.3 is 10.6 Å². The number of pyridine rings is 1. The first-order valence-corrected chi connectivity index (χ1v) is 8.10. The van der Waals surface area contributed by atoms with E-state index in [0.717, 1.165) is 10.9 Å². The van der Waals surface area contributed by atoms with Crippen molar-refractivity contribution in [1.29, 1.82) is 0 Å². The van der Waals surface area contributed by atoms with Gasteiger partial charge in [-0.1, -0.05) is 18.2 Å². The minimum Gasteiger partial charge on any atom is -0.373 e. The Morgan fingerprint density at radius 1 is 1.33 bits per heavy atom. The Balaban J connectivity index is 2.34. The number of thioether (sulfide) groups is 1. The molecule has 112 valence electrons. The van der Waals surface area contributed by atoms with Crippen LogP contribution in [0, 0.1) is 0 Å². The highest BCUT2D eigenvalue weighted by Crippen LogP contribution is 2.22. The molecule has 0 fully saturated rings. The molecule has 0 unspecified atom stereocenters. The Hall–Kier alpha value is -1.75. The van der Waals surface area contributed by atoms with Gasteiger partial charge in [-0.3, -0.25) is 4.79 Å². The number of benzene rings is 1. The number of aromatic nitrogens is 1. The first kappa shape index (κ1) is 15.6. The van der Waals surface area contributed by atoms with E-state index in [0.29, 0.717) is 17.9 Å². The third kappa shape index (κ3) is 3.67. The molecule has 0 aliphatic heterocycles. The second kappa shape index (κ2) is 6.35. The Labute approximate surface area is 129 Å². The Kier molecular flexibility index (Phi) is 4.73. The van der Waals surface area contributed by atoms with Crippen molar-refractivity contribution in [3.63, 3.8) is 0 Å². The van der Waals surface area contributed by atoms with Gasteiger partial charge in [0.2, 0.25) is 0 Å². The molecule has 5 heteroatoms. The fourth-order valence-corrected chi connectivity index (χ4v) is 2.17. The zero-order valence-electron chi connectivity index (χ0n) is 12.9. The van der Waals surface area contributed by atoms with E-state index < -0.39 is 0 Å². The Morgan fingerprint density at radius 2 is 2.05 bits per heavy atom. The van der Waals surface area contributed by atoms with Crippen LogP contribution < -0.4 is 10.6 Å². The summed E-state index contributed by atoms with van der Waals surface area (Å²) in [6, 6.07) is 9.48. The van der Waals surface area contributed by atoms with E-state index in [9.17, 15) is 4.79 Å². The van der Waals surface area contributed by atoms with E-state index in [4.69, 9.17) is 0 Å². The van der Waals surface area contributed by atoms with Crippen molar-refractivity contribution in [2.75, 3.05) is 25.2 Å². The molecular weight excluding hydrogens is 282 g/mol. The van der Waals surface area contributed by atoms with Crippen LogP contribution >= 0.6 is 11.8 Å². The van der Waals surface area contributed by atoms with Gasteiger partial charge in [0.15, 0.2) is 0 Å². The van der Waals surface area contributed by atoms with Crippen LogP contribution in [-0.2, 0) is 0 Å². The van der Waals surface area contributed by atoms with Gasteiger partial charge in [-0.15, -0.1) is 0 Å². The number of nitrogens with one attached hydrogen (secondary N) is 2. The summed E-state index contributed by atoms with van der Waals surface area (Å²) in [4.78, 5) is 17.0. The first-order chi connectivity index (χ1) is 9.96. The molecule has 1 amide bonds. The van der Waals surface area contributed by atoms with Crippen LogP contribution in [0.3, 0.4) is 0 Å². The van der Waals surface area contributed by atoms with Gasteiger partial charge in [-0.25, -0.2) is 4.98 Å². The summed E-state index contributed by atoms with van der Waals surface area (Å²) in [6.45, 7) is 4.85. The van der Waals surface area contributed by atoms with E-state index >= 15 is 0 Å². The molecule has 0 saturated heterocycles. The molecule has 0 aliphatic carbocycles. The highest BCUT2D eigenvalue weighted by molar-refractivity contribution is 7.99. The minimum atomic E-state index is -0.0628. The number of rotatable bonds is 5. The molecule has 0 spiro atoms. The van der Waals surface area contributed by atoms with E-state index in [1.807, 2.05) is 30.5 Å². The lowest BCUT2D eigenvalue weighted by molar-refractivity contribution is 0.0952. The Morgan fingerprint density at radius 3 is 2.71 bits per heavy atom. The van der Waals surface area contributed by atoms with Crippen molar-refractivity contribution < 1.29 is 4.79 Å². The van der Waals surface area contributed by atoms with Gasteiger partial charge in [0.1, 0.15) is 5.82 Å². The van der Waals surface area contributed by atoms with Crippen LogP contribution in [-0.4, -0.2) is 35.5 Å². The van der Waals surface area contributed by atoms with Crippen LogP contribution in [0.5, 0.6) is 0 Å². The molecule has 1 aromatic heterocycles. The van der Waals surface area contributed by atoms with Gasteiger partial charge in [0.25, 0.3) is 5.91 Å². The maximum absolute atomic E-state index is 12.5. The molecule has 4 nitrogen and oxygen atoms in total. The monoisotopic (exact) mass is 303 g/mol. The number of amides is 1. The number of anilines is 1. The van der Waals surface area contributed by atoms with E-state index in [1.54, 1.807) is 24.9 Å². The third-order valence-electron chi connectivity index (χ3n) is 3.44. The summed E-state index contributed by atoms with van der Waals surface area (Å²) in [6.07, 6.45) is 2.05. The normalized spacial score (nSPS) is 11.4. The molecule has 2 aromatic rings. The average molecular weight is 303 g/mol. The van der Waals surface area contributed by atoms with Crippen molar-refractivity contribution in [2.45, 2.75) is 18.6 Å². The average Bonchev–Trinajstić information content (AvgIpc) is 2.51. The number of para-hydroxylation sites is 1. The third-order valence-corrected chi connectivity index (χ3v) is 4.69. The predicted molar refractivity (Wildman–Crippen MR) is 91.2 cm³/mol. The zero-order chi connectivity index (χ0) is 15.5. The Bertz CT molecular complexity index is 655. The standard InChI is InChI=1S/C16H21N3OS/c1-16(2,21-4)10-18-15(20)12-9-14(17-3)19-13-8-6-5-7-11(12)13/h5-9H,10H2,1-4H3,(H,17,19)(H,18,20). The smallest absolute Gasteiger partial charge is 0.252 e. The van der Waals surface area contributed by atoms with Crippen LogP contribution in [0.2, 0.25) is 0 Å². The fraction of sp³-hybridized carbons (Fsp3) is 0.375. The van der Waals surface area contributed by atoms with Crippen molar-refractivity contribution in [2.24, 2.45) is 0 Å². The summed E-state index contributed by atoms with van der Waals surface area (Å²) in [7, 11) is 1.80. The fourth-order valence-electron chi connectivity index (χ4n) is 1.95. The highest BCUT2D eigenvalue weighted by Gasteiger charge is 2.19. The second-order valence-electron chi connectivity index (χ2n) is 5.47. The molecule has 21 heavy (non-hydrogen) atoms. The number of hydrogen-bond donors (Lipinski definition) is 2. The summed E-state index contributed by atoms with van der Waals surface area (Å²) in [5.74, 6) is 0.634. The SMILES string of the molecule is CNc1cc(C(=O)NCC(C)(C)SC)c2ccccc2n1. The van der Waals surface area contributed by atoms with Crippen molar-refractivity contribution >= 4 is 34.4 Å². The molecule has 2 rings (SSSR count). The quantitative estimate of drug-likeness (QED) is 0.891. The maximum atomic E-state index is 12.5. The second-order valence-corrected chi connectivity index (χ2v) is 6.98. The molecule has 0 radical (unpaired) electrons. The van der Waals surface area contributed by atoms with Crippen LogP contribution in [0.4, 0.5) is 5.82 Å². The van der Waals surface area contributed by atoms with E-state index in [2.05, 4.69) is 29.5 Å². The minimum absolute atomic E-state index is 0.0182. The number of nitrogens with zero attached hydrogens (tertiary/aromatic N) is 1. The highest BCUT2D eigenvalue weighted by atomic mass is 32.2. The van der Waals surface area contributed by atoms with Gasteiger partial charge >= 0.3 is 0 Å². The zero-order valence-corrected chi connectivity index (χ0v) is 13.7. The van der Waals surface area contributed by atoms with Gasteiger partial charge in [-0.05, 0) is 32.2 Å². The molecular formula is C16H21N3OS. The lowest BCUT2D eigenvalue weighted by Gasteiger charge is -2.22. The van der Waals surface area contributed by atoms with Crippen molar-refractivity contribution in [3.05, 3.63) is 35.9 Å². The van der Waals surface area contributed by atoms with Crippen molar-refractivity contribution in [1.82, 2.24) is 10.3 Å². The first-order valence-electron chi connectivity index (χ1n) is 6.88. The largest absolute Gasteiger partial charge is 0.373 e. The number of hydrogen-bond acceptors (Lipinski definition) is 4. The lowest BCUT2D eigenvalue weighted by atomic mass is 10.1. The summed E-state index contributed by atoms with van der Waals surface area (Å²) < 4.78 is 0.0182. The molecule has 0 atom stereocenters. The summed E-state index contributed by atoms with van der Waals surface area (Å²) in [5.41, 5.74) is 1.47. The van der Waals surface area contributed by atoms with Gasteiger partial charge in [0, 0.05) is 23.7 Å². The van der Waals surface area contributed by atoms with Crippen LogP contribution in [0.15, 0.2) is 30.3 Å². The van der Waals surface area contributed by atoms with Crippen molar-refractivity contribution in [3.8, 4) is 0 Å². The van der Waals surface area contributed by atoms with Crippen LogP contribution in [0.25, 0.3) is 10.9 Å². The molecule has 1 aromatic carbocycles. The van der Waals surface area contributed by atoms with Gasteiger partial charge in [0.05, 0.1) is 11.1 Å². The topological polar surface area (TPSA) is 54.0 Å². The maximum Gasteiger partial charge on any atom is 0.252 e. The number of carbonyl (C=O) groups excluding carboxylic acids is 1. The molecule has 1 heterocycles. The van der Waals surface area contributed by atoms with E-state index in [-0.39, 0.29) is 10.7 Å². The lowest BCUT2D eigenvalue weighted by Crippen LogP contribution is -2.36. The number of carbonyl (C=O) groups is 1. The van der Waals surface area contributed by atoms with E-state index in [1.165, 1.54) is 0 Å². The summed E-state index contributed by atoms with van der Waals surface area (Å²) >= 11 is 1.74. The molecule has 0 saturated carbocycles. The molecule has 0 aliphatic rings. The predicted octanol–water partition coefficient (Wildman–Crippen LogP) is 3.15.